The first-order valence-electron chi connectivity index (χ1n) is 18.2. The van der Waals surface area contributed by atoms with Crippen molar-refractivity contribution in [1.82, 2.24) is 19.8 Å². The third-order valence-corrected chi connectivity index (χ3v) is 10.8. The Labute approximate surface area is 310 Å². The quantitative estimate of drug-likeness (QED) is 0.146. The molecule has 0 radical (unpaired) electrons. The lowest BCUT2D eigenvalue weighted by Crippen LogP contribution is -2.35. The average molecular weight is 732 g/mol. The molecule has 12 heteroatoms. The smallest absolute Gasteiger partial charge is 0.387 e. The molecule has 54 heavy (non-hydrogen) atoms. The molecule has 2 fully saturated rings. The van der Waals surface area contributed by atoms with Gasteiger partial charge in [0, 0.05) is 42.4 Å². The van der Waals surface area contributed by atoms with Gasteiger partial charge in [-0.1, -0.05) is 31.2 Å². The number of ether oxygens (including phenoxy) is 1. The SMILES string of the molecule is Cc1c(-c2nc3cc(CN4CCC[C@@H]4C(=O)O)c(OC(F)F)cc3o2)cccc1-c1cccc(-c2nc3cc(CN4CC[C@@H](C)C4)cc(C#N)c3o2)c1C. The molecule has 10 nitrogen and oxygen atoms in total. The zero-order chi connectivity index (χ0) is 37.7. The summed E-state index contributed by atoms with van der Waals surface area (Å²) in [5, 5.41) is 19.7. The molecule has 2 aliphatic rings. The molecule has 0 aliphatic carbocycles. The standard InChI is InChI=1S/C42H39F2N5O5/c1-23-12-14-48(20-23)21-26-15-27(19-45)38-34(16-26)47-40(54-38)32-10-5-8-30(25(32)3)29-7-4-9-31(24(29)2)39-46-33-17-28(22-49-13-6-11-35(49)41(50)51)36(53-42(43)44)18-37(33)52-39/h4-5,7-10,15-18,23,35,42H,6,11-14,20-22H2,1-3H3,(H,50,51)/t23-,35-/m1/s1. The first-order chi connectivity index (χ1) is 26.1. The molecule has 0 bridgehead atoms. The van der Waals surface area contributed by atoms with Gasteiger partial charge in [0.05, 0.1) is 5.56 Å². The van der Waals surface area contributed by atoms with Crippen LogP contribution in [0.1, 0.15) is 54.0 Å². The highest BCUT2D eigenvalue weighted by molar-refractivity contribution is 5.86. The molecule has 4 heterocycles. The van der Waals surface area contributed by atoms with Crippen LogP contribution in [0.3, 0.4) is 0 Å². The number of oxazole rings is 2. The summed E-state index contributed by atoms with van der Waals surface area (Å²) in [5.41, 5.74) is 8.98. The van der Waals surface area contributed by atoms with Gasteiger partial charge in [0.1, 0.15) is 28.9 Å². The second-order valence-electron chi connectivity index (χ2n) is 14.5. The van der Waals surface area contributed by atoms with E-state index in [4.69, 9.17) is 23.5 Å². The largest absolute Gasteiger partial charge is 0.480 e. The normalized spacial score (nSPS) is 17.9. The summed E-state index contributed by atoms with van der Waals surface area (Å²) in [6.45, 7) is 6.68. The highest BCUT2D eigenvalue weighted by Gasteiger charge is 2.32. The predicted octanol–water partition coefficient (Wildman–Crippen LogP) is 8.95. The number of rotatable bonds is 10. The first-order valence-corrected chi connectivity index (χ1v) is 18.2. The number of aromatic nitrogens is 2. The molecule has 2 saturated heterocycles. The van der Waals surface area contributed by atoms with Crippen molar-refractivity contribution in [3.8, 4) is 45.9 Å². The van der Waals surface area contributed by atoms with Gasteiger partial charge in [-0.3, -0.25) is 14.6 Å². The minimum absolute atomic E-state index is 0.0762. The molecule has 2 aromatic heterocycles. The van der Waals surface area contributed by atoms with E-state index in [0.29, 0.717) is 64.8 Å². The summed E-state index contributed by atoms with van der Waals surface area (Å²) in [4.78, 5) is 25.6. The van der Waals surface area contributed by atoms with Gasteiger partial charge < -0.3 is 18.7 Å². The van der Waals surface area contributed by atoms with Crippen molar-refractivity contribution in [1.29, 1.82) is 5.26 Å². The molecule has 2 aliphatic heterocycles. The van der Waals surface area contributed by atoms with Crippen LogP contribution in [0.4, 0.5) is 8.78 Å². The summed E-state index contributed by atoms with van der Waals surface area (Å²) >= 11 is 0. The molecule has 0 amide bonds. The minimum Gasteiger partial charge on any atom is -0.480 e. The van der Waals surface area contributed by atoms with Crippen molar-refractivity contribution in [3.05, 3.63) is 88.5 Å². The maximum atomic E-state index is 13.5. The van der Waals surface area contributed by atoms with Crippen molar-refractivity contribution in [3.63, 3.8) is 0 Å². The van der Waals surface area contributed by atoms with Crippen molar-refractivity contribution in [2.24, 2.45) is 5.92 Å². The number of halogens is 2. The number of fused-ring (bicyclic) bond motifs is 2. The van der Waals surface area contributed by atoms with Gasteiger partial charge in [-0.25, -0.2) is 9.97 Å². The topological polar surface area (TPSA) is 129 Å². The number of nitrogens with zero attached hydrogens (tertiary/aromatic N) is 5. The summed E-state index contributed by atoms with van der Waals surface area (Å²) in [7, 11) is 0. The summed E-state index contributed by atoms with van der Waals surface area (Å²) in [6, 6.07) is 20.3. The summed E-state index contributed by atoms with van der Waals surface area (Å²) < 4.78 is 44.3. The number of nitriles is 1. The molecule has 1 N–H and O–H groups in total. The minimum atomic E-state index is -3.07. The second kappa shape index (κ2) is 14.3. The molecule has 4 aromatic carbocycles. The zero-order valence-corrected chi connectivity index (χ0v) is 30.2. The van der Waals surface area contributed by atoms with E-state index in [1.54, 1.807) is 11.0 Å². The Morgan fingerprint density at radius 1 is 0.944 bits per heavy atom. The molecule has 276 valence electrons. The zero-order valence-electron chi connectivity index (χ0n) is 30.2. The van der Waals surface area contributed by atoms with Crippen LogP contribution >= 0.6 is 0 Å². The Morgan fingerprint density at radius 3 is 2.28 bits per heavy atom. The molecule has 2 atom stereocenters. The van der Waals surface area contributed by atoms with E-state index in [-0.39, 0.29) is 17.9 Å². The number of aliphatic carboxylic acids is 1. The van der Waals surface area contributed by atoms with Gasteiger partial charge in [0.25, 0.3) is 0 Å². The lowest BCUT2D eigenvalue weighted by Gasteiger charge is -2.22. The van der Waals surface area contributed by atoms with Crippen LogP contribution < -0.4 is 4.74 Å². The molecule has 0 unspecified atom stereocenters. The monoisotopic (exact) mass is 731 g/mol. The number of benzene rings is 4. The Kier molecular flexibility index (Phi) is 9.37. The van der Waals surface area contributed by atoms with E-state index in [2.05, 4.69) is 17.9 Å². The molecular weight excluding hydrogens is 692 g/mol. The number of carboxylic acid groups (broad SMARTS) is 1. The van der Waals surface area contributed by atoms with E-state index in [0.717, 1.165) is 58.6 Å². The highest BCUT2D eigenvalue weighted by atomic mass is 19.3. The highest BCUT2D eigenvalue weighted by Crippen LogP contribution is 2.39. The van der Waals surface area contributed by atoms with E-state index < -0.39 is 18.6 Å². The van der Waals surface area contributed by atoms with Crippen molar-refractivity contribution in [2.45, 2.75) is 65.8 Å². The Balaban J connectivity index is 1.13. The van der Waals surface area contributed by atoms with E-state index in [1.165, 1.54) is 12.5 Å². The van der Waals surface area contributed by atoms with E-state index in [9.17, 15) is 23.9 Å². The maximum Gasteiger partial charge on any atom is 0.387 e. The van der Waals surface area contributed by atoms with Crippen molar-refractivity contribution < 1.29 is 32.3 Å². The van der Waals surface area contributed by atoms with Crippen LogP contribution in [0.25, 0.3) is 56.2 Å². The van der Waals surface area contributed by atoms with Crippen LogP contribution in [0, 0.1) is 31.1 Å². The van der Waals surface area contributed by atoms with E-state index >= 15 is 0 Å². The van der Waals surface area contributed by atoms with Gasteiger partial charge >= 0.3 is 12.6 Å². The average Bonchev–Trinajstić information content (AvgIpc) is 3.95. The fourth-order valence-corrected chi connectivity index (χ4v) is 8.08. The predicted molar refractivity (Wildman–Crippen MR) is 199 cm³/mol. The van der Waals surface area contributed by atoms with Gasteiger partial charge in [0.15, 0.2) is 11.2 Å². The van der Waals surface area contributed by atoms with Gasteiger partial charge in [-0.15, -0.1) is 0 Å². The Morgan fingerprint density at radius 2 is 1.63 bits per heavy atom. The fraction of sp³-hybridized carbons (Fsp3) is 0.333. The Bertz CT molecular complexity index is 2450. The van der Waals surface area contributed by atoms with Gasteiger partial charge in [-0.05, 0) is 110 Å². The van der Waals surface area contributed by atoms with Crippen LogP contribution in [0.5, 0.6) is 5.75 Å². The van der Waals surface area contributed by atoms with Gasteiger partial charge in [0.2, 0.25) is 11.8 Å². The maximum absolute atomic E-state index is 13.5. The van der Waals surface area contributed by atoms with Crippen LogP contribution in [-0.4, -0.2) is 63.1 Å². The molecule has 6 aromatic rings. The Hall–Kier alpha value is -5.64. The summed E-state index contributed by atoms with van der Waals surface area (Å²) in [5.74, 6) is 0.387. The van der Waals surface area contributed by atoms with Crippen LogP contribution in [0.15, 0.2) is 69.5 Å². The van der Waals surface area contributed by atoms with Crippen molar-refractivity contribution in [2.75, 3.05) is 19.6 Å². The fourth-order valence-electron chi connectivity index (χ4n) is 8.08. The van der Waals surface area contributed by atoms with E-state index in [1.807, 2.05) is 62.4 Å². The van der Waals surface area contributed by atoms with Crippen LogP contribution in [0.2, 0.25) is 0 Å². The number of likely N-dealkylation sites (tertiary alicyclic amines) is 2. The molecular formula is C42H39F2N5O5. The molecule has 0 saturated carbocycles. The number of hydrogen-bond donors (Lipinski definition) is 1. The van der Waals surface area contributed by atoms with Crippen LogP contribution in [-0.2, 0) is 17.9 Å². The lowest BCUT2D eigenvalue weighted by atomic mass is 9.91. The number of carboxylic acids is 1. The third kappa shape index (κ3) is 6.70. The third-order valence-electron chi connectivity index (χ3n) is 10.8. The molecule has 0 spiro atoms. The second-order valence-corrected chi connectivity index (χ2v) is 14.5. The van der Waals surface area contributed by atoms with Crippen molar-refractivity contribution >= 4 is 28.2 Å². The molecule has 8 rings (SSSR count). The number of alkyl halides is 2. The van der Waals surface area contributed by atoms with Gasteiger partial charge in [-0.2, -0.15) is 14.0 Å². The first kappa shape index (κ1) is 35.4. The lowest BCUT2D eigenvalue weighted by molar-refractivity contribution is -0.142. The number of hydrogen-bond acceptors (Lipinski definition) is 9. The number of carbonyl (C=O) groups is 1. The summed E-state index contributed by atoms with van der Waals surface area (Å²) in [6.07, 6.45) is 2.36.